The van der Waals surface area contributed by atoms with Gasteiger partial charge in [0.15, 0.2) is 0 Å². The Hall–Kier alpha value is -9.07. The molecule has 2 aliphatic heterocycles. The van der Waals surface area contributed by atoms with Gasteiger partial charge in [0, 0.05) is 34.1 Å². The molecule has 0 aliphatic carbocycles. The molecule has 0 saturated carbocycles. The Kier molecular flexibility index (Phi) is 10.5. The third kappa shape index (κ3) is 7.07. The maximum atomic E-state index is 2.54. The lowest BCUT2D eigenvalue weighted by Gasteiger charge is -2.41. The zero-order valence-corrected chi connectivity index (χ0v) is 46.3. The van der Waals surface area contributed by atoms with Crippen LogP contribution in [0.4, 0.5) is 34.1 Å². The molecule has 0 bridgehead atoms. The average Bonchev–Trinajstić information content (AvgIpc) is 3.64. The van der Waals surface area contributed by atoms with Gasteiger partial charge in [0.1, 0.15) is 16.1 Å². The first kappa shape index (κ1) is 46.3. The molecule has 2 nitrogen and oxygen atoms in total. The van der Waals surface area contributed by atoms with E-state index in [4.69, 9.17) is 0 Å². The number of benzene rings is 13. The molecule has 0 amide bonds. The van der Waals surface area contributed by atoms with E-state index in [1.165, 1.54) is 131 Å². The molecule has 0 unspecified atom stereocenters. The van der Waals surface area contributed by atoms with Gasteiger partial charge in [-0.2, -0.15) is 0 Å². The normalized spacial score (nSPS) is 14.1. The molecule has 0 N–H and O–H groups in total. The zero-order valence-electron chi connectivity index (χ0n) is 44.3. The molecule has 4 heteroatoms. The summed E-state index contributed by atoms with van der Waals surface area (Å²) >= 11 is 0. The van der Waals surface area contributed by atoms with E-state index in [9.17, 15) is 0 Å². The third-order valence-electron chi connectivity index (χ3n) is 17.4. The van der Waals surface area contributed by atoms with Gasteiger partial charge in [-0.25, -0.2) is 0 Å². The van der Waals surface area contributed by atoms with Crippen molar-refractivity contribution in [3.8, 4) is 44.5 Å². The molecule has 0 aromatic heterocycles. The van der Waals surface area contributed by atoms with Crippen molar-refractivity contribution >= 4 is 114 Å². The molecule has 2 aliphatic rings. The van der Waals surface area contributed by atoms with Crippen molar-refractivity contribution in [3.05, 3.63) is 267 Å². The molecule has 0 fully saturated rings. The summed E-state index contributed by atoms with van der Waals surface area (Å²) in [6.45, 7) is 10.0. The van der Waals surface area contributed by atoms with Crippen LogP contribution in [0.5, 0.6) is 0 Å². The van der Waals surface area contributed by atoms with Crippen LogP contribution in [0.1, 0.15) is 0 Å². The predicted octanol–water partition coefficient (Wildman–Crippen LogP) is 18.2. The van der Waals surface area contributed by atoms with Crippen molar-refractivity contribution in [2.24, 2.45) is 0 Å². The fourth-order valence-corrected chi connectivity index (χ4v) is 19.6. The number of rotatable bonds is 6. The van der Waals surface area contributed by atoms with Crippen LogP contribution in [0.2, 0.25) is 26.2 Å². The summed E-state index contributed by atoms with van der Waals surface area (Å²) < 4.78 is 0. The monoisotopic (exact) mass is 1030 g/mol. The topological polar surface area (TPSA) is 6.48 Å². The highest BCUT2D eigenvalue weighted by Gasteiger charge is 2.40. The van der Waals surface area contributed by atoms with Crippen molar-refractivity contribution in [1.29, 1.82) is 0 Å². The van der Waals surface area contributed by atoms with Crippen molar-refractivity contribution in [2.45, 2.75) is 26.2 Å². The second-order valence-corrected chi connectivity index (χ2v) is 31.1. The van der Waals surface area contributed by atoms with E-state index < -0.39 is 16.1 Å². The number of hydrogen-bond donors (Lipinski definition) is 0. The predicted molar refractivity (Wildman–Crippen MR) is 341 cm³/mol. The van der Waals surface area contributed by atoms with Crippen LogP contribution in [0, 0.1) is 0 Å². The molecule has 13 aromatic rings. The summed E-state index contributed by atoms with van der Waals surface area (Å²) in [7, 11) is -4.05. The van der Waals surface area contributed by atoms with Gasteiger partial charge in [0.25, 0.3) is 0 Å². The number of fused-ring (bicyclic) bond motifs is 8. The van der Waals surface area contributed by atoms with Gasteiger partial charge in [-0.15, -0.1) is 0 Å². The number of hydrogen-bond acceptors (Lipinski definition) is 2. The van der Waals surface area contributed by atoms with Crippen LogP contribution < -0.4 is 30.5 Å². The van der Waals surface area contributed by atoms with Crippen molar-refractivity contribution < 1.29 is 0 Å². The summed E-state index contributed by atoms with van der Waals surface area (Å²) in [6.07, 6.45) is 0. The Morgan fingerprint density at radius 1 is 0.244 bits per heavy atom. The highest BCUT2D eigenvalue weighted by Crippen LogP contribution is 2.50. The van der Waals surface area contributed by atoms with Crippen molar-refractivity contribution in [3.63, 3.8) is 0 Å². The smallest absolute Gasteiger partial charge is 0.117 e. The lowest BCUT2D eigenvalue weighted by molar-refractivity contribution is 1.29. The van der Waals surface area contributed by atoms with E-state index in [0.29, 0.717) is 0 Å². The van der Waals surface area contributed by atoms with E-state index in [2.05, 4.69) is 303 Å². The minimum absolute atomic E-state index is 1.15. The summed E-state index contributed by atoms with van der Waals surface area (Å²) in [5, 5.41) is 15.7. The largest absolute Gasteiger partial charge is 0.311 e. The van der Waals surface area contributed by atoms with Crippen LogP contribution in [-0.2, 0) is 0 Å². The van der Waals surface area contributed by atoms with Gasteiger partial charge in [0.2, 0.25) is 0 Å². The molecular weight excluding hydrogens is 973 g/mol. The second kappa shape index (κ2) is 17.8. The Bertz CT molecular complexity index is 4170. The SMILES string of the molecule is C[Si]1(C)c2ccccc2N(c2ccc3c(-c4ccc(-c5cccc6ccccc56)cc4)c4cc(N5c6ccccc6[Si](C)(C)c6ccccc65)ccc4c(-c4ccc(-c5cccc6ccccc56)cc4)c3c2)c2ccccc21. The maximum absolute atomic E-state index is 2.54. The van der Waals surface area contributed by atoms with E-state index >= 15 is 0 Å². The number of anilines is 6. The molecule has 0 saturated heterocycles. The highest BCUT2D eigenvalue weighted by molar-refractivity contribution is 7.03. The third-order valence-corrected chi connectivity index (χ3v) is 24.5. The molecule has 13 aromatic carbocycles. The molecule has 370 valence electrons. The van der Waals surface area contributed by atoms with Crippen molar-refractivity contribution in [2.75, 3.05) is 9.80 Å². The average molecular weight is 1030 g/mol. The van der Waals surface area contributed by atoms with E-state index in [1.807, 2.05) is 0 Å². The van der Waals surface area contributed by atoms with Crippen LogP contribution in [-0.4, -0.2) is 16.1 Å². The lowest BCUT2D eigenvalue weighted by Crippen LogP contribution is -2.58. The Morgan fingerprint density at radius 3 is 0.923 bits per heavy atom. The summed E-state index contributed by atoms with van der Waals surface area (Å²) in [5.74, 6) is 0. The van der Waals surface area contributed by atoms with Gasteiger partial charge in [-0.1, -0.05) is 245 Å². The summed E-state index contributed by atoms with van der Waals surface area (Å²) in [6, 6.07) is 101. The molecule has 2 heterocycles. The van der Waals surface area contributed by atoms with Gasteiger partial charge in [0.05, 0.1) is 0 Å². The van der Waals surface area contributed by atoms with Crippen LogP contribution >= 0.6 is 0 Å². The molecule has 0 atom stereocenters. The molecule has 15 rings (SSSR count). The van der Waals surface area contributed by atoms with Gasteiger partial charge < -0.3 is 9.80 Å². The minimum atomic E-state index is -2.02. The minimum Gasteiger partial charge on any atom is -0.311 e. The second-order valence-electron chi connectivity index (χ2n) is 22.4. The zero-order chi connectivity index (χ0) is 52.3. The van der Waals surface area contributed by atoms with Crippen LogP contribution in [0.3, 0.4) is 0 Å². The summed E-state index contributed by atoms with van der Waals surface area (Å²) in [5.41, 5.74) is 17.1. The molecule has 0 radical (unpaired) electrons. The highest BCUT2D eigenvalue weighted by atomic mass is 28.3. The maximum Gasteiger partial charge on any atom is 0.117 e. The van der Waals surface area contributed by atoms with Crippen LogP contribution in [0.25, 0.3) is 87.6 Å². The van der Waals surface area contributed by atoms with Gasteiger partial charge in [-0.05, 0) is 157 Å². The van der Waals surface area contributed by atoms with Crippen molar-refractivity contribution in [1.82, 2.24) is 0 Å². The Morgan fingerprint density at radius 2 is 0.551 bits per heavy atom. The quantitative estimate of drug-likeness (QED) is 0.121. The molecule has 78 heavy (non-hydrogen) atoms. The Balaban J connectivity index is 1.02. The molecular formula is C74H56N2Si2. The van der Waals surface area contributed by atoms with E-state index in [-0.39, 0.29) is 0 Å². The first-order valence-corrected chi connectivity index (χ1v) is 33.4. The standard InChI is InChI=1S/C74H56N2Si2/c1-77(2)69-31-13-9-27-65(69)75(66-28-10-14-32-70(66)77)55-43-45-61-63(47-55)73(53-39-35-51(36-40-53)59-25-17-21-49-19-5-7-23-57(49)59)62-46-44-56(76-67-29-11-15-33-71(67)78(3,4)72-34-16-12-30-68(72)76)48-64(62)74(61)54-41-37-52(38-42-54)60-26-18-22-50-20-6-8-24-58(50)60/h5-48H,1-4H3. The van der Waals surface area contributed by atoms with Gasteiger partial charge in [-0.3, -0.25) is 0 Å². The van der Waals surface area contributed by atoms with Crippen LogP contribution in [0.15, 0.2) is 267 Å². The number of nitrogens with zero attached hydrogens (tertiary/aromatic N) is 2. The number of para-hydroxylation sites is 4. The fraction of sp³-hybridized carbons (Fsp3) is 0.0541. The molecule has 0 spiro atoms. The Labute approximate surface area is 458 Å². The lowest BCUT2D eigenvalue weighted by atomic mass is 9.84. The van der Waals surface area contributed by atoms with E-state index in [1.54, 1.807) is 0 Å². The summed E-state index contributed by atoms with van der Waals surface area (Å²) in [4.78, 5) is 5.08. The van der Waals surface area contributed by atoms with Gasteiger partial charge >= 0.3 is 0 Å². The fourth-order valence-electron chi connectivity index (χ4n) is 13.6. The first-order valence-electron chi connectivity index (χ1n) is 27.4. The van der Waals surface area contributed by atoms with E-state index in [0.717, 1.165) is 11.4 Å². The first-order chi connectivity index (χ1) is 38.2.